The van der Waals surface area contributed by atoms with Crippen LogP contribution in [0.4, 0.5) is 5.82 Å². The highest BCUT2D eigenvalue weighted by molar-refractivity contribution is 6.30. The van der Waals surface area contributed by atoms with Crippen LogP contribution in [0.1, 0.15) is 16.5 Å². The van der Waals surface area contributed by atoms with Gasteiger partial charge in [0.05, 0.1) is 12.2 Å². The maximum absolute atomic E-state index is 11.9. The minimum Gasteiger partial charge on any atom is -0.312 e. The van der Waals surface area contributed by atoms with Gasteiger partial charge in [-0.05, 0) is 12.1 Å². The summed E-state index contributed by atoms with van der Waals surface area (Å²) in [5.74, 6) is 0.0330. The first-order valence-corrected chi connectivity index (χ1v) is 6.15. The Labute approximate surface area is 114 Å². The van der Waals surface area contributed by atoms with Crippen LogP contribution < -0.4 is 10.6 Å². The fourth-order valence-electron chi connectivity index (χ4n) is 1.67. The van der Waals surface area contributed by atoms with E-state index in [4.69, 9.17) is 11.6 Å². The number of rotatable bonds is 3. The predicted molar refractivity (Wildman–Crippen MR) is 69.1 cm³/mol. The highest BCUT2D eigenvalue weighted by Crippen LogP contribution is 2.13. The Kier molecular flexibility index (Phi) is 3.14. The van der Waals surface area contributed by atoms with Gasteiger partial charge in [0.2, 0.25) is 0 Å². The summed E-state index contributed by atoms with van der Waals surface area (Å²) in [6.07, 6.45) is 3.15. The summed E-state index contributed by atoms with van der Waals surface area (Å²) in [6, 6.07) is 3.48. The molecule has 3 rings (SSSR count). The standard InChI is InChI=1S/C11H11ClN6O/c12-7-1-2-14-10(3-7)15-11(19)9-6-18(17-16-9)8-4-13-5-8/h1-3,6,8,13H,4-5H2,(H,14,15,19). The minimum absolute atomic E-state index is 0.258. The van der Waals surface area contributed by atoms with E-state index in [-0.39, 0.29) is 17.6 Å². The quantitative estimate of drug-likeness (QED) is 0.864. The molecule has 0 radical (unpaired) electrons. The molecule has 1 amide bonds. The van der Waals surface area contributed by atoms with Gasteiger partial charge in [-0.3, -0.25) is 4.79 Å². The SMILES string of the molecule is O=C(Nc1cc(Cl)ccn1)c1cn(C2CNC2)nn1. The summed E-state index contributed by atoms with van der Waals surface area (Å²) in [6.45, 7) is 1.69. The fourth-order valence-corrected chi connectivity index (χ4v) is 1.83. The molecular formula is C11H11ClN6O. The van der Waals surface area contributed by atoms with Crippen LogP contribution in [0.5, 0.6) is 0 Å². The maximum Gasteiger partial charge on any atom is 0.278 e. The van der Waals surface area contributed by atoms with Crippen molar-refractivity contribution in [1.82, 2.24) is 25.3 Å². The van der Waals surface area contributed by atoms with Crippen molar-refractivity contribution in [2.45, 2.75) is 6.04 Å². The van der Waals surface area contributed by atoms with Gasteiger partial charge >= 0.3 is 0 Å². The molecule has 0 atom stereocenters. The van der Waals surface area contributed by atoms with Crippen molar-refractivity contribution in [3.63, 3.8) is 0 Å². The Morgan fingerprint density at radius 2 is 2.37 bits per heavy atom. The Bertz CT molecular complexity index is 609. The second-order valence-electron chi connectivity index (χ2n) is 4.21. The van der Waals surface area contributed by atoms with Gasteiger partial charge in [-0.2, -0.15) is 0 Å². The van der Waals surface area contributed by atoms with E-state index in [0.29, 0.717) is 10.8 Å². The third-order valence-electron chi connectivity index (χ3n) is 2.84. The van der Waals surface area contributed by atoms with Gasteiger partial charge in [0, 0.05) is 24.3 Å². The summed E-state index contributed by atoms with van der Waals surface area (Å²) in [5.41, 5.74) is 0.258. The molecule has 0 aliphatic carbocycles. The van der Waals surface area contributed by atoms with Crippen LogP contribution in [0.15, 0.2) is 24.5 Å². The van der Waals surface area contributed by atoms with Crippen LogP contribution in [0, 0.1) is 0 Å². The number of amides is 1. The molecule has 2 aromatic rings. The van der Waals surface area contributed by atoms with E-state index >= 15 is 0 Å². The molecule has 0 aromatic carbocycles. The summed E-state index contributed by atoms with van der Waals surface area (Å²) in [4.78, 5) is 15.9. The van der Waals surface area contributed by atoms with Crippen molar-refractivity contribution < 1.29 is 4.79 Å². The van der Waals surface area contributed by atoms with Crippen molar-refractivity contribution in [3.05, 3.63) is 35.2 Å². The van der Waals surface area contributed by atoms with Crippen molar-refractivity contribution >= 4 is 23.3 Å². The molecule has 0 bridgehead atoms. The number of hydrogen-bond donors (Lipinski definition) is 2. The van der Waals surface area contributed by atoms with Crippen LogP contribution in [0.25, 0.3) is 0 Å². The van der Waals surface area contributed by atoms with Crippen LogP contribution in [0.2, 0.25) is 5.02 Å². The smallest absolute Gasteiger partial charge is 0.278 e. The normalized spacial score (nSPS) is 15.0. The predicted octanol–water partition coefficient (Wildman–Crippen LogP) is 0.723. The third-order valence-corrected chi connectivity index (χ3v) is 3.08. The molecule has 1 fully saturated rings. The zero-order valence-corrected chi connectivity index (χ0v) is 10.6. The van der Waals surface area contributed by atoms with E-state index in [0.717, 1.165) is 13.1 Å². The highest BCUT2D eigenvalue weighted by atomic mass is 35.5. The molecule has 0 unspecified atom stereocenters. The molecule has 7 nitrogen and oxygen atoms in total. The first-order valence-electron chi connectivity index (χ1n) is 5.78. The summed E-state index contributed by atoms with van der Waals surface area (Å²) < 4.78 is 1.69. The van der Waals surface area contributed by atoms with Gasteiger partial charge in [-0.1, -0.05) is 16.8 Å². The molecule has 2 N–H and O–H groups in total. The molecule has 19 heavy (non-hydrogen) atoms. The van der Waals surface area contributed by atoms with Crippen molar-refractivity contribution in [2.75, 3.05) is 18.4 Å². The van der Waals surface area contributed by atoms with Gasteiger partial charge in [-0.15, -0.1) is 5.10 Å². The Morgan fingerprint density at radius 3 is 3.05 bits per heavy atom. The molecule has 1 aliphatic rings. The van der Waals surface area contributed by atoms with E-state index in [1.54, 1.807) is 23.0 Å². The summed E-state index contributed by atoms with van der Waals surface area (Å²) >= 11 is 5.82. The van der Waals surface area contributed by atoms with Gasteiger partial charge in [-0.25, -0.2) is 9.67 Å². The first kappa shape index (κ1) is 12.1. The number of hydrogen-bond acceptors (Lipinski definition) is 5. The van der Waals surface area contributed by atoms with Gasteiger partial charge in [0.15, 0.2) is 5.69 Å². The largest absolute Gasteiger partial charge is 0.312 e. The first-order chi connectivity index (χ1) is 9.22. The highest BCUT2D eigenvalue weighted by Gasteiger charge is 2.21. The molecule has 3 heterocycles. The second kappa shape index (κ2) is 4.94. The van der Waals surface area contributed by atoms with Crippen LogP contribution in [0.3, 0.4) is 0 Å². The molecule has 0 spiro atoms. The Morgan fingerprint density at radius 1 is 1.53 bits per heavy atom. The van der Waals surface area contributed by atoms with Gasteiger partial charge < -0.3 is 10.6 Å². The molecule has 1 aliphatic heterocycles. The molecule has 1 saturated heterocycles. The monoisotopic (exact) mass is 278 g/mol. The Balaban J connectivity index is 1.71. The number of carbonyl (C=O) groups excluding carboxylic acids is 1. The number of nitrogens with zero attached hydrogens (tertiary/aromatic N) is 4. The van der Waals surface area contributed by atoms with Gasteiger partial charge in [0.25, 0.3) is 5.91 Å². The van der Waals surface area contributed by atoms with Crippen molar-refractivity contribution in [2.24, 2.45) is 0 Å². The van der Waals surface area contributed by atoms with E-state index < -0.39 is 0 Å². The number of nitrogens with one attached hydrogen (secondary N) is 2. The molecule has 2 aromatic heterocycles. The molecule has 98 valence electrons. The lowest BCUT2D eigenvalue weighted by atomic mass is 10.2. The lowest BCUT2D eigenvalue weighted by Gasteiger charge is -2.26. The van der Waals surface area contributed by atoms with E-state index in [9.17, 15) is 4.79 Å². The van der Waals surface area contributed by atoms with Crippen molar-refractivity contribution in [1.29, 1.82) is 0 Å². The van der Waals surface area contributed by atoms with Crippen LogP contribution in [-0.4, -0.2) is 39.0 Å². The number of carbonyl (C=O) groups is 1. The Hall–Kier alpha value is -1.99. The maximum atomic E-state index is 11.9. The van der Waals surface area contributed by atoms with E-state index in [2.05, 4.69) is 25.9 Å². The zero-order valence-electron chi connectivity index (χ0n) is 9.88. The van der Waals surface area contributed by atoms with Crippen LogP contribution in [-0.2, 0) is 0 Å². The lowest BCUT2D eigenvalue weighted by Crippen LogP contribution is -2.43. The van der Waals surface area contributed by atoms with E-state index in [1.807, 2.05) is 0 Å². The fraction of sp³-hybridized carbons (Fsp3) is 0.273. The number of halogens is 1. The summed E-state index contributed by atoms with van der Waals surface area (Å²) in [5, 5.41) is 14.0. The van der Waals surface area contributed by atoms with Gasteiger partial charge in [0.1, 0.15) is 5.82 Å². The summed E-state index contributed by atoms with van der Waals surface area (Å²) in [7, 11) is 0. The molecule has 0 saturated carbocycles. The average molecular weight is 279 g/mol. The molecular weight excluding hydrogens is 268 g/mol. The third kappa shape index (κ3) is 2.56. The number of anilines is 1. The van der Waals surface area contributed by atoms with Crippen molar-refractivity contribution in [3.8, 4) is 0 Å². The molecule has 8 heteroatoms. The zero-order chi connectivity index (χ0) is 13.2. The lowest BCUT2D eigenvalue weighted by molar-refractivity contribution is 0.102. The van der Waals surface area contributed by atoms with E-state index in [1.165, 1.54) is 6.20 Å². The minimum atomic E-state index is -0.353. The number of pyridine rings is 1. The second-order valence-corrected chi connectivity index (χ2v) is 4.65. The van der Waals surface area contributed by atoms with Crippen LogP contribution >= 0.6 is 11.6 Å². The number of aromatic nitrogens is 4. The topological polar surface area (TPSA) is 84.7 Å². The average Bonchev–Trinajstić information content (AvgIpc) is 2.76.